The summed E-state index contributed by atoms with van der Waals surface area (Å²) < 4.78 is 0. The largest absolute Gasteiger partial charge is 4.00 e. The van der Waals surface area contributed by atoms with Gasteiger partial charge in [-0.1, -0.05) is 0 Å². The van der Waals surface area contributed by atoms with Crippen molar-refractivity contribution < 1.29 is 75.5 Å². The van der Waals surface area contributed by atoms with E-state index in [2.05, 4.69) is 13.2 Å². The predicted octanol–water partition coefficient (Wildman–Crippen LogP) is -11.4. The van der Waals surface area contributed by atoms with E-state index in [4.69, 9.17) is 0 Å². The van der Waals surface area contributed by atoms with Gasteiger partial charge < -0.3 is 56.2 Å². The topological polar surface area (TPSA) is 0 Å². The Kier molecular flexibility index (Phi) is 1120. The normalized spacial score (nSPS) is 0.571. The second kappa shape index (κ2) is 114. The molecule has 0 nitrogen and oxygen atoms in total. The van der Waals surface area contributed by atoms with Gasteiger partial charge in [0, 0.05) is 0 Å². The fraction of sp³-hybridized carbons (Fsp3) is 0. The van der Waals surface area contributed by atoms with Gasteiger partial charge in [0.05, 0.1) is 0 Å². The van der Waals surface area contributed by atoms with E-state index in [-0.39, 0.29) is 75.5 Å². The molecule has 7 heavy (non-hydrogen) atoms. The molecule has 0 aromatic carbocycles. The zero-order chi connectivity index (χ0) is 2.00. The standard InChI is InChI=1S/C2H3.4ClH.Hf/c1-2;;;;;/h1H,2H2;4*1H;/q-1;;;;;+4/p-4. The van der Waals surface area contributed by atoms with E-state index in [0.29, 0.717) is 0 Å². The van der Waals surface area contributed by atoms with Crippen LogP contribution in [0.4, 0.5) is 0 Å². The zero-order valence-electron chi connectivity index (χ0n) is 3.30. The third kappa shape index (κ3) is 82.6. The average Bonchev–Trinajstić information content (AvgIpc) is 1.00. The number of rotatable bonds is 0. The molecule has 0 bridgehead atoms. The van der Waals surface area contributed by atoms with Gasteiger partial charge in [0.2, 0.25) is 0 Å². The van der Waals surface area contributed by atoms with Gasteiger partial charge in [0.15, 0.2) is 0 Å². The minimum absolute atomic E-state index is 0. The summed E-state index contributed by atoms with van der Waals surface area (Å²) in [6.07, 6.45) is 0. The summed E-state index contributed by atoms with van der Waals surface area (Å²) in [5, 5.41) is 0. The first-order valence-electron chi connectivity index (χ1n) is 0.408. The summed E-state index contributed by atoms with van der Waals surface area (Å²) in [7, 11) is 0. The third-order valence-electron chi connectivity index (χ3n) is 0. The summed E-state index contributed by atoms with van der Waals surface area (Å²) in [5.74, 6) is 0. The maximum absolute atomic E-state index is 4.25. The molecule has 0 aliphatic heterocycles. The Morgan fingerprint density at radius 3 is 0.714 bits per heavy atom. The van der Waals surface area contributed by atoms with Crippen molar-refractivity contribution >= 4 is 0 Å². The second-order valence-corrected chi connectivity index (χ2v) is 0. The molecule has 0 unspecified atom stereocenters. The molecule has 0 aliphatic rings. The summed E-state index contributed by atoms with van der Waals surface area (Å²) in [6.45, 7) is 7.00. The van der Waals surface area contributed by atoms with Crippen molar-refractivity contribution in [3.63, 3.8) is 0 Å². The maximum atomic E-state index is 4.25. The van der Waals surface area contributed by atoms with Gasteiger partial charge in [0.1, 0.15) is 0 Å². The molecule has 0 atom stereocenters. The maximum Gasteiger partial charge on any atom is 4.00 e. The van der Waals surface area contributed by atoms with Crippen LogP contribution in [-0.4, -0.2) is 0 Å². The first-order valence-corrected chi connectivity index (χ1v) is 0.408. The van der Waals surface area contributed by atoms with E-state index >= 15 is 0 Å². The molecule has 0 saturated carbocycles. The number of halogens is 4. The quantitative estimate of drug-likeness (QED) is 0.302. The molecule has 0 aromatic heterocycles. The van der Waals surface area contributed by atoms with Crippen LogP contribution in [0.1, 0.15) is 0 Å². The molecule has 0 radical (unpaired) electrons. The van der Waals surface area contributed by atoms with Crippen LogP contribution in [0.3, 0.4) is 0 Å². The number of hydrogen-bond donors (Lipinski definition) is 0. The molecule has 0 fully saturated rings. The molecule has 0 rings (SSSR count). The average molecular weight is 347 g/mol. The van der Waals surface area contributed by atoms with Gasteiger partial charge in [-0.2, -0.15) is 0 Å². The van der Waals surface area contributed by atoms with Crippen LogP contribution >= 0.6 is 0 Å². The Morgan fingerprint density at radius 2 is 0.714 bits per heavy atom. The van der Waals surface area contributed by atoms with Gasteiger partial charge in [-0.05, 0) is 0 Å². The third-order valence-corrected chi connectivity index (χ3v) is 0. The van der Waals surface area contributed by atoms with Crippen molar-refractivity contribution in [1.82, 2.24) is 0 Å². The van der Waals surface area contributed by atoms with Crippen molar-refractivity contribution in [2.75, 3.05) is 0 Å². The van der Waals surface area contributed by atoms with Crippen LogP contribution in [0.5, 0.6) is 0 Å². The molecular formula is C2H3Cl4Hf-. The van der Waals surface area contributed by atoms with Crippen LogP contribution in [0.2, 0.25) is 0 Å². The monoisotopic (exact) mass is 347 g/mol. The summed E-state index contributed by atoms with van der Waals surface area (Å²) >= 11 is 0. The fourth-order valence-electron chi connectivity index (χ4n) is 0. The molecule has 0 aliphatic carbocycles. The molecule has 0 aromatic rings. The SMILES string of the molecule is [CH-]=C.[Cl-].[Cl-].[Cl-].[Cl-].[Hf+4]. The Morgan fingerprint density at radius 1 is 0.714 bits per heavy atom. The predicted molar refractivity (Wildman–Crippen MR) is 9.93 cm³/mol. The Hall–Kier alpha value is 1.77. The Bertz CT molecular complexity index is 9.65. The fourth-order valence-corrected chi connectivity index (χ4v) is 0. The first kappa shape index (κ1) is 69.0. The van der Waals surface area contributed by atoms with Gasteiger partial charge in [-0.15, -0.1) is 0 Å². The van der Waals surface area contributed by atoms with Crippen LogP contribution in [-0.2, 0) is 25.8 Å². The van der Waals surface area contributed by atoms with Crippen molar-refractivity contribution in [2.45, 2.75) is 0 Å². The number of hydrogen-bond acceptors (Lipinski definition) is 0. The molecule has 0 amide bonds. The Labute approximate surface area is 87.9 Å². The van der Waals surface area contributed by atoms with E-state index in [0.717, 1.165) is 0 Å². The molecule has 44 valence electrons. The van der Waals surface area contributed by atoms with Crippen LogP contribution in [0.15, 0.2) is 6.58 Å². The minimum Gasteiger partial charge on any atom is -1.00 e. The van der Waals surface area contributed by atoms with Crippen LogP contribution < -0.4 is 49.6 Å². The van der Waals surface area contributed by atoms with Crippen molar-refractivity contribution in [2.24, 2.45) is 0 Å². The summed E-state index contributed by atoms with van der Waals surface area (Å²) in [4.78, 5) is 0. The van der Waals surface area contributed by atoms with E-state index in [1.807, 2.05) is 0 Å². The molecule has 0 saturated heterocycles. The van der Waals surface area contributed by atoms with E-state index in [1.54, 1.807) is 0 Å². The van der Waals surface area contributed by atoms with Gasteiger partial charge in [-0.25, -0.2) is 0 Å². The molecular weight excluding hydrogens is 344 g/mol. The first-order chi connectivity index (χ1) is 1.00. The van der Waals surface area contributed by atoms with E-state index in [1.165, 1.54) is 0 Å². The van der Waals surface area contributed by atoms with Crippen molar-refractivity contribution in [3.05, 3.63) is 13.2 Å². The molecule has 0 spiro atoms. The molecule has 0 N–H and O–H groups in total. The minimum atomic E-state index is 0. The van der Waals surface area contributed by atoms with Gasteiger partial charge in [0.25, 0.3) is 0 Å². The smallest absolute Gasteiger partial charge is 1.00 e. The zero-order valence-corrected chi connectivity index (χ0v) is 9.91. The van der Waals surface area contributed by atoms with Crippen LogP contribution in [0.25, 0.3) is 0 Å². The summed E-state index contributed by atoms with van der Waals surface area (Å²) in [5.41, 5.74) is 0. The second-order valence-electron chi connectivity index (χ2n) is 0. The van der Waals surface area contributed by atoms with Crippen molar-refractivity contribution in [3.8, 4) is 0 Å². The van der Waals surface area contributed by atoms with E-state index in [9.17, 15) is 0 Å². The van der Waals surface area contributed by atoms with Crippen LogP contribution in [0, 0.1) is 6.58 Å². The van der Waals surface area contributed by atoms with E-state index < -0.39 is 0 Å². The molecule has 5 heteroatoms. The van der Waals surface area contributed by atoms with Gasteiger partial charge >= 0.3 is 25.8 Å². The van der Waals surface area contributed by atoms with Gasteiger partial charge in [-0.3, -0.25) is 6.58 Å². The molecule has 0 heterocycles. The Balaban J connectivity index is -0.000000000500. The summed E-state index contributed by atoms with van der Waals surface area (Å²) in [6, 6.07) is 0. The van der Waals surface area contributed by atoms with Crippen molar-refractivity contribution in [1.29, 1.82) is 0 Å².